The molecule has 0 aliphatic carbocycles. The number of nitrogens with one attached hydrogen (secondary N) is 2. The van der Waals surface area contributed by atoms with Crippen molar-refractivity contribution in [2.24, 2.45) is 0 Å². The normalized spacial score (nSPS) is 21.1. The molecule has 0 saturated carbocycles. The maximum absolute atomic E-state index is 14.1. The van der Waals surface area contributed by atoms with Crippen molar-refractivity contribution in [1.29, 1.82) is 5.41 Å². The minimum Gasteiger partial charge on any atom is -0.467 e. The highest BCUT2D eigenvalue weighted by molar-refractivity contribution is 7.90. The lowest BCUT2D eigenvalue weighted by molar-refractivity contribution is -0.156. The molecule has 2 aromatic heterocycles. The number of hydrogen-bond donors (Lipinski definition) is 2. The number of amidine groups is 1. The van der Waals surface area contributed by atoms with Gasteiger partial charge in [0.2, 0.25) is 0 Å². The number of aromatic nitrogens is 2. The largest absolute Gasteiger partial charge is 0.467 e. The van der Waals surface area contributed by atoms with Crippen LogP contribution >= 0.6 is 0 Å². The van der Waals surface area contributed by atoms with Crippen LogP contribution < -0.4 is 0 Å². The van der Waals surface area contributed by atoms with Gasteiger partial charge in [-0.3, -0.25) is 15.1 Å². The lowest BCUT2D eigenvalue weighted by Crippen LogP contribution is -2.53. The molecule has 11 nitrogen and oxygen atoms in total. The summed E-state index contributed by atoms with van der Waals surface area (Å²) in [7, 11) is -2.34. The van der Waals surface area contributed by atoms with Crippen LogP contribution in [0.15, 0.2) is 47.6 Å². The molecule has 13 heteroatoms. The highest BCUT2D eigenvalue weighted by Gasteiger charge is 2.44. The fraction of sp³-hybridized carbons (Fsp3) is 0.385. The fourth-order valence-electron chi connectivity index (χ4n) is 5.28. The lowest BCUT2D eigenvalue weighted by atomic mass is 9.88. The average molecular weight is 558 g/mol. The first-order valence-electron chi connectivity index (χ1n) is 12.4. The molecule has 0 unspecified atom stereocenters. The highest BCUT2D eigenvalue weighted by Crippen LogP contribution is 2.41. The van der Waals surface area contributed by atoms with E-state index in [4.69, 9.17) is 14.9 Å². The van der Waals surface area contributed by atoms with E-state index in [1.807, 2.05) is 24.3 Å². The molecule has 1 saturated heterocycles. The first-order valence-corrected chi connectivity index (χ1v) is 14.3. The second-order valence-corrected chi connectivity index (χ2v) is 11.5. The number of H-pyrrole nitrogens is 1. The van der Waals surface area contributed by atoms with Gasteiger partial charge in [-0.25, -0.2) is 22.6 Å². The van der Waals surface area contributed by atoms with Gasteiger partial charge in [0.05, 0.1) is 13.2 Å². The Bertz CT molecular complexity index is 1540. The van der Waals surface area contributed by atoms with E-state index >= 15 is 0 Å². The Labute approximate surface area is 224 Å². The number of hydrogen-bond acceptors (Lipinski definition) is 8. The van der Waals surface area contributed by atoms with Gasteiger partial charge in [-0.2, -0.15) is 0 Å². The number of nitrogens with zero attached hydrogens (tertiary/aromatic N) is 3. The number of amides is 1. The van der Waals surface area contributed by atoms with Crippen LogP contribution in [0.3, 0.4) is 0 Å². The van der Waals surface area contributed by atoms with Gasteiger partial charge in [0.15, 0.2) is 27.8 Å². The molecule has 5 rings (SSSR count). The Morgan fingerprint density at radius 1 is 1.23 bits per heavy atom. The average Bonchev–Trinajstić information content (AvgIpc) is 3.52. The number of rotatable bonds is 5. The number of pyridine rings is 1. The third kappa shape index (κ3) is 4.93. The quantitative estimate of drug-likeness (QED) is 0.210. The Morgan fingerprint density at radius 2 is 2.00 bits per heavy atom. The van der Waals surface area contributed by atoms with Crippen molar-refractivity contribution in [3.05, 3.63) is 59.4 Å². The van der Waals surface area contributed by atoms with Crippen molar-refractivity contribution in [2.75, 3.05) is 26.5 Å². The standard InChI is InChI=1S/C26H28FN5O6S/c1-37-25(34)19-12-17-16-6-3-4-7-18(16)30-23(17)24(15-9-10-21(29-13-15)39(2,35)36)32(19)22(33)14-38-26(28)31-11-5-8-20(31)27/h3-4,6-7,9-10,13,19-20,24,28,30H,5,8,11-12,14H2,1-2H3/t19-,20-,24+/m1/s1. The fourth-order valence-corrected chi connectivity index (χ4v) is 5.84. The third-order valence-electron chi connectivity index (χ3n) is 7.12. The number of alkyl halides is 1. The Hall–Kier alpha value is -4.00. The van der Waals surface area contributed by atoms with E-state index in [1.165, 1.54) is 24.3 Å². The number of sulfone groups is 1. The smallest absolute Gasteiger partial charge is 0.328 e. The summed E-state index contributed by atoms with van der Waals surface area (Å²) in [5.41, 5.74) is 2.70. The topological polar surface area (TPSA) is 146 Å². The SMILES string of the molecule is COC(=O)[C@H]1Cc2c([nH]c3ccccc23)[C@H](c2ccc(S(C)(=O)=O)nc2)N1C(=O)COC(=N)N1CCC[C@@H]1F. The zero-order valence-corrected chi connectivity index (χ0v) is 22.2. The number of carbonyl (C=O) groups excluding carboxylic acids is 2. The minimum atomic E-state index is -3.57. The Balaban J connectivity index is 1.57. The summed E-state index contributed by atoms with van der Waals surface area (Å²) >= 11 is 0. The lowest BCUT2D eigenvalue weighted by Gasteiger charge is -2.40. The summed E-state index contributed by atoms with van der Waals surface area (Å²) in [5, 5.41) is 8.85. The van der Waals surface area contributed by atoms with Gasteiger partial charge in [0.25, 0.3) is 11.9 Å². The van der Waals surface area contributed by atoms with E-state index in [1.54, 1.807) is 6.07 Å². The predicted molar refractivity (Wildman–Crippen MR) is 138 cm³/mol. The Morgan fingerprint density at radius 3 is 2.64 bits per heavy atom. The van der Waals surface area contributed by atoms with E-state index in [-0.39, 0.29) is 17.9 Å². The first kappa shape index (κ1) is 26.6. The van der Waals surface area contributed by atoms with Crippen molar-refractivity contribution in [2.45, 2.75) is 42.7 Å². The van der Waals surface area contributed by atoms with Crippen molar-refractivity contribution >= 4 is 38.6 Å². The zero-order valence-electron chi connectivity index (χ0n) is 21.4. The maximum atomic E-state index is 14.1. The number of para-hydroxylation sites is 1. The maximum Gasteiger partial charge on any atom is 0.328 e. The molecule has 3 atom stereocenters. The number of likely N-dealkylation sites (tertiary alicyclic amines) is 1. The van der Waals surface area contributed by atoms with Crippen LogP contribution in [0.4, 0.5) is 4.39 Å². The zero-order chi connectivity index (χ0) is 27.9. The van der Waals surface area contributed by atoms with Crippen LogP contribution in [-0.2, 0) is 35.3 Å². The van der Waals surface area contributed by atoms with Gasteiger partial charge in [-0.05, 0) is 36.1 Å². The molecule has 2 N–H and O–H groups in total. The molecular formula is C26H28FN5O6S. The molecule has 4 heterocycles. The summed E-state index contributed by atoms with van der Waals surface area (Å²) in [5.74, 6) is -1.28. The van der Waals surface area contributed by atoms with Gasteiger partial charge in [-0.15, -0.1) is 0 Å². The van der Waals surface area contributed by atoms with Crippen LogP contribution in [0, 0.1) is 5.41 Å². The van der Waals surface area contributed by atoms with Gasteiger partial charge >= 0.3 is 5.97 Å². The van der Waals surface area contributed by atoms with E-state index in [0.717, 1.165) is 27.6 Å². The molecule has 1 amide bonds. The second kappa shape index (κ2) is 10.3. The number of aromatic amines is 1. The molecule has 3 aromatic rings. The van der Waals surface area contributed by atoms with Crippen LogP contribution in [0.5, 0.6) is 0 Å². The monoisotopic (exact) mass is 557 g/mol. The molecule has 206 valence electrons. The molecule has 0 bridgehead atoms. The number of methoxy groups -OCH3 is 1. The number of fused-ring (bicyclic) bond motifs is 3. The summed E-state index contributed by atoms with van der Waals surface area (Å²) in [6.07, 6.45) is 2.04. The predicted octanol–water partition coefficient (Wildman–Crippen LogP) is 2.32. The second-order valence-electron chi connectivity index (χ2n) is 9.58. The van der Waals surface area contributed by atoms with Crippen LogP contribution in [0.25, 0.3) is 10.9 Å². The van der Waals surface area contributed by atoms with Crippen molar-refractivity contribution < 1.29 is 31.9 Å². The molecule has 2 aliphatic rings. The molecular weight excluding hydrogens is 529 g/mol. The molecule has 0 radical (unpaired) electrons. The van der Waals surface area contributed by atoms with E-state index in [0.29, 0.717) is 24.2 Å². The van der Waals surface area contributed by atoms with Crippen molar-refractivity contribution in [1.82, 2.24) is 19.8 Å². The number of ether oxygens (including phenoxy) is 2. The first-order chi connectivity index (χ1) is 18.6. The van der Waals surface area contributed by atoms with Gasteiger partial charge < -0.3 is 19.4 Å². The summed E-state index contributed by atoms with van der Waals surface area (Å²) in [6, 6.07) is 8.02. The van der Waals surface area contributed by atoms with Crippen molar-refractivity contribution in [3.63, 3.8) is 0 Å². The summed E-state index contributed by atoms with van der Waals surface area (Å²) in [6.45, 7) is -0.307. The van der Waals surface area contributed by atoms with E-state index in [9.17, 15) is 22.4 Å². The highest BCUT2D eigenvalue weighted by atomic mass is 32.2. The summed E-state index contributed by atoms with van der Waals surface area (Å²) in [4.78, 5) is 36.7. The Kier molecular flexibility index (Phi) is 7.02. The number of carbonyl (C=O) groups is 2. The van der Waals surface area contributed by atoms with Gasteiger partial charge in [0, 0.05) is 42.0 Å². The van der Waals surface area contributed by atoms with E-state index in [2.05, 4.69) is 9.97 Å². The third-order valence-corrected chi connectivity index (χ3v) is 8.12. The van der Waals surface area contributed by atoms with Crippen LogP contribution in [-0.4, -0.2) is 84.9 Å². The van der Waals surface area contributed by atoms with Crippen molar-refractivity contribution in [3.8, 4) is 0 Å². The number of esters is 1. The van der Waals surface area contributed by atoms with Crippen LogP contribution in [0.1, 0.15) is 35.7 Å². The van der Waals surface area contributed by atoms with Crippen LogP contribution in [0.2, 0.25) is 0 Å². The number of halogens is 1. The molecule has 0 spiro atoms. The molecule has 1 aromatic carbocycles. The van der Waals surface area contributed by atoms with Gasteiger partial charge in [-0.1, -0.05) is 24.3 Å². The van der Waals surface area contributed by atoms with Gasteiger partial charge in [0.1, 0.15) is 6.04 Å². The molecule has 1 fully saturated rings. The molecule has 2 aliphatic heterocycles. The van der Waals surface area contributed by atoms with E-state index < -0.39 is 52.7 Å². The molecule has 39 heavy (non-hydrogen) atoms. The minimum absolute atomic E-state index is 0.135. The summed E-state index contributed by atoms with van der Waals surface area (Å²) < 4.78 is 48.6. The number of benzene rings is 1.